The van der Waals surface area contributed by atoms with Crippen molar-refractivity contribution >= 4 is 38.1 Å². The van der Waals surface area contributed by atoms with E-state index in [1.807, 2.05) is 22.6 Å². The number of hydrogen-bond acceptors (Lipinski definition) is 2. The Labute approximate surface area is 115 Å². The summed E-state index contributed by atoms with van der Waals surface area (Å²) < 4.78 is 0.147. The second-order valence-corrected chi connectivity index (χ2v) is 5.73. The molecule has 0 spiro atoms. The zero-order valence-corrected chi connectivity index (χ0v) is 12.4. The van der Waals surface area contributed by atoms with E-state index in [1.54, 1.807) is 11.8 Å². The average molecular weight is 350 g/mol. The summed E-state index contributed by atoms with van der Waals surface area (Å²) in [5.41, 5.74) is 6.61. The molecule has 1 atom stereocenters. The van der Waals surface area contributed by atoms with E-state index in [2.05, 4.69) is 36.9 Å². The first kappa shape index (κ1) is 14.0. The highest BCUT2D eigenvalue weighted by Gasteiger charge is 2.13. The van der Waals surface area contributed by atoms with Gasteiger partial charge in [-0.1, -0.05) is 31.2 Å². The highest BCUT2D eigenvalue weighted by molar-refractivity contribution is 14.1. The molecule has 16 heavy (non-hydrogen) atoms. The first-order valence-electron chi connectivity index (χ1n) is 5.32. The molecule has 1 aromatic carbocycles. The number of quaternary nitrogens is 1. The van der Waals surface area contributed by atoms with Gasteiger partial charge >= 0.3 is 0 Å². The molecular weight excluding hydrogens is 333 g/mol. The summed E-state index contributed by atoms with van der Waals surface area (Å²) in [6.45, 7) is 2.17. The van der Waals surface area contributed by atoms with Gasteiger partial charge in [-0.15, -0.1) is 0 Å². The first-order valence-corrected chi connectivity index (χ1v) is 7.55. The van der Waals surface area contributed by atoms with Crippen LogP contribution in [0.5, 0.6) is 0 Å². The predicted molar refractivity (Wildman–Crippen MR) is 77.7 cm³/mol. The smallest absolute Gasteiger partial charge is 0.249 e. The summed E-state index contributed by atoms with van der Waals surface area (Å²) in [5.74, 6) is 1.78. The van der Waals surface area contributed by atoms with Gasteiger partial charge in [0.05, 0.1) is 5.75 Å². The van der Waals surface area contributed by atoms with Crippen LogP contribution in [0.2, 0.25) is 0 Å². The molecule has 0 amide bonds. The van der Waals surface area contributed by atoms with E-state index in [-0.39, 0.29) is 9.83 Å². The molecule has 0 heterocycles. The van der Waals surface area contributed by atoms with Crippen LogP contribution >= 0.6 is 34.4 Å². The fourth-order valence-corrected chi connectivity index (χ4v) is 2.99. The van der Waals surface area contributed by atoms with Crippen LogP contribution in [0.3, 0.4) is 0 Å². The number of thioether (sulfide) groups is 1. The maximum atomic E-state index is 11.0. The van der Waals surface area contributed by atoms with Gasteiger partial charge in [-0.2, -0.15) is 11.8 Å². The second kappa shape index (κ2) is 7.29. The van der Waals surface area contributed by atoms with Crippen molar-refractivity contribution in [2.24, 2.45) is 0 Å². The normalized spacial score (nSPS) is 12.4. The quantitative estimate of drug-likeness (QED) is 0.631. The van der Waals surface area contributed by atoms with Crippen molar-refractivity contribution in [2.45, 2.75) is 25.1 Å². The Morgan fingerprint density at radius 1 is 1.44 bits per heavy atom. The molecule has 0 aromatic heterocycles. The summed E-state index contributed by atoms with van der Waals surface area (Å²) in [6.07, 6.45) is 1.07. The summed E-state index contributed by atoms with van der Waals surface area (Å²) in [7, 11) is 0. The van der Waals surface area contributed by atoms with Gasteiger partial charge in [0.1, 0.15) is 0 Å². The summed E-state index contributed by atoms with van der Waals surface area (Å²) >= 11 is 3.61. The van der Waals surface area contributed by atoms with Gasteiger partial charge in [-0.05, 0) is 17.5 Å². The molecule has 0 unspecified atom stereocenters. The number of rotatable bonds is 6. The van der Waals surface area contributed by atoms with Crippen LogP contribution < -0.4 is 5.73 Å². The predicted octanol–water partition coefficient (Wildman–Crippen LogP) is 2.05. The Kier molecular flexibility index (Phi) is 6.38. The lowest BCUT2D eigenvalue weighted by atomic mass is 10.1. The van der Waals surface area contributed by atoms with Crippen molar-refractivity contribution in [1.29, 1.82) is 0 Å². The topological polar surface area (TPSA) is 44.7 Å². The maximum Gasteiger partial charge on any atom is 0.249 e. The Morgan fingerprint density at radius 3 is 2.62 bits per heavy atom. The standard InChI is InChI=1S/C12H16INOS/c1-2-9-5-3-4-6-10(9)7-16-8-11(14)12(13)15/h3-6,11H,2,7-8,14H2,1H3/p+1/t11-/m0/s1. The minimum Gasteiger partial charge on any atom is -0.348 e. The number of aryl methyl sites for hydroxylation is 1. The summed E-state index contributed by atoms with van der Waals surface area (Å²) in [4.78, 5) is 11.0. The molecular formula is C12H17INOS+. The number of benzene rings is 1. The van der Waals surface area contributed by atoms with Crippen LogP contribution in [0, 0.1) is 0 Å². The van der Waals surface area contributed by atoms with Gasteiger partial charge < -0.3 is 5.73 Å². The molecule has 0 aliphatic carbocycles. The fourth-order valence-electron chi connectivity index (χ4n) is 1.42. The molecule has 0 aliphatic rings. The molecule has 4 heteroatoms. The highest BCUT2D eigenvalue weighted by Crippen LogP contribution is 2.17. The molecule has 0 saturated carbocycles. The van der Waals surface area contributed by atoms with Crippen molar-refractivity contribution in [2.75, 3.05) is 5.75 Å². The number of carbonyl (C=O) groups excluding carboxylic acids is 1. The lowest BCUT2D eigenvalue weighted by molar-refractivity contribution is -0.393. The van der Waals surface area contributed by atoms with Crippen molar-refractivity contribution in [3.05, 3.63) is 35.4 Å². The van der Waals surface area contributed by atoms with Gasteiger partial charge in [-0.3, -0.25) is 4.79 Å². The van der Waals surface area contributed by atoms with Crippen LogP contribution in [0.4, 0.5) is 0 Å². The second-order valence-electron chi connectivity index (χ2n) is 3.64. The first-order chi connectivity index (χ1) is 7.65. The third-order valence-electron chi connectivity index (χ3n) is 2.40. The van der Waals surface area contributed by atoms with E-state index in [0.717, 1.165) is 17.9 Å². The molecule has 1 aromatic rings. The van der Waals surface area contributed by atoms with E-state index in [9.17, 15) is 4.79 Å². The minimum atomic E-state index is -0.0839. The van der Waals surface area contributed by atoms with Crippen molar-refractivity contribution in [1.82, 2.24) is 0 Å². The Bertz CT molecular complexity index is 357. The minimum absolute atomic E-state index is 0.0839. The SMILES string of the molecule is CCc1ccccc1CSC[C@H]([NH3+])C(=O)I. The van der Waals surface area contributed by atoms with E-state index in [0.29, 0.717) is 0 Å². The Morgan fingerprint density at radius 2 is 2.06 bits per heavy atom. The molecule has 0 fully saturated rings. The maximum absolute atomic E-state index is 11.0. The van der Waals surface area contributed by atoms with E-state index in [4.69, 9.17) is 0 Å². The molecule has 88 valence electrons. The van der Waals surface area contributed by atoms with Crippen molar-refractivity contribution in [3.63, 3.8) is 0 Å². The molecule has 2 nitrogen and oxygen atoms in total. The van der Waals surface area contributed by atoms with Gasteiger partial charge in [0, 0.05) is 28.3 Å². The Hall–Kier alpha value is -0.0700. The highest BCUT2D eigenvalue weighted by atomic mass is 127. The third-order valence-corrected chi connectivity index (χ3v) is 4.43. The lowest BCUT2D eigenvalue weighted by Crippen LogP contribution is -2.65. The van der Waals surface area contributed by atoms with Gasteiger partial charge in [-0.25, -0.2) is 0 Å². The van der Waals surface area contributed by atoms with Gasteiger partial charge in [0.25, 0.3) is 0 Å². The largest absolute Gasteiger partial charge is 0.348 e. The van der Waals surface area contributed by atoms with Crippen molar-refractivity contribution < 1.29 is 10.5 Å². The van der Waals surface area contributed by atoms with E-state index >= 15 is 0 Å². The fraction of sp³-hybridized carbons (Fsp3) is 0.417. The number of carbonyl (C=O) groups is 1. The number of hydrogen-bond donors (Lipinski definition) is 1. The van der Waals surface area contributed by atoms with Crippen LogP contribution in [-0.2, 0) is 17.0 Å². The van der Waals surface area contributed by atoms with Crippen LogP contribution in [-0.4, -0.2) is 15.6 Å². The van der Waals surface area contributed by atoms with Gasteiger partial charge in [0.15, 0.2) is 6.04 Å². The van der Waals surface area contributed by atoms with Crippen molar-refractivity contribution in [3.8, 4) is 0 Å². The van der Waals surface area contributed by atoms with E-state index in [1.165, 1.54) is 11.1 Å². The monoisotopic (exact) mass is 350 g/mol. The summed E-state index contributed by atoms with van der Waals surface area (Å²) in [6, 6.07) is 8.39. The zero-order valence-electron chi connectivity index (χ0n) is 9.41. The van der Waals surface area contributed by atoms with E-state index < -0.39 is 0 Å². The molecule has 0 bridgehead atoms. The lowest BCUT2D eigenvalue weighted by Gasteiger charge is -2.08. The Balaban J connectivity index is 2.45. The zero-order chi connectivity index (χ0) is 12.0. The molecule has 0 saturated heterocycles. The van der Waals surface area contributed by atoms with Gasteiger partial charge in [0.2, 0.25) is 3.79 Å². The molecule has 0 aliphatic heterocycles. The van der Waals surface area contributed by atoms with Crippen LogP contribution in [0.1, 0.15) is 18.1 Å². The number of halogens is 1. The van der Waals surface area contributed by atoms with Crippen LogP contribution in [0.25, 0.3) is 0 Å². The molecule has 1 rings (SSSR count). The third kappa shape index (κ3) is 4.43. The molecule has 3 N–H and O–H groups in total. The molecule has 0 radical (unpaired) electrons. The van der Waals surface area contributed by atoms with Crippen LogP contribution in [0.15, 0.2) is 24.3 Å². The summed E-state index contributed by atoms with van der Waals surface area (Å²) in [5, 5.41) is 0. The average Bonchev–Trinajstić information content (AvgIpc) is 2.29.